The van der Waals surface area contributed by atoms with Crippen LogP contribution in [0.5, 0.6) is 0 Å². The van der Waals surface area contributed by atoms with Gasteiger partial charge in [0, 0.05) is 25.7 Å². The molecule has 0 unspecified atom stereocenters. The lowest BCUT2D eigenvalue weighted by Crippen LogP contribution is -2.43. The number of anilines is 2. The third-order valence-corrected chi connectivity index (χ3v) is 6.40. The minimum atomic E-state index is -0.913. The second-order valence-corrected chi connectivity index (χ2v) is 8.66. The molecular weight excluding hydrogens is 454 g/mol. The van der Waals surface area contributed by atoms with Gasteiger partial charge in [-0.05, 0) is 31.9 Å². The fraction of sp³-hybridized carbons (Fsp3) is 0.381. The predicted molar refractivity (Wildman–Crippen MR) is 120 cm³/mol. The van der Waals surface area contributed by atoms with Gasteiger partial charge in [-0.2, -0.15) is 4.98 Å². The summed E-state index contributed by atoms with van der Waals surface area (Å²) in [7, 11) is 0. The molecule has 4 rings (SSSR count). The van der Waals surface area contributed by atoms with E-state index in [0.717, 1.165) is 47.4 Å². The summed E-state index contributed by atoms with van der Waals surface area (Å²) in [6.07, 6.45) is 2.83. The molecule has 1 saturated heterocycles. The van der Waals surface area contributed by atoms with Gasteiger partial charge in [0.15, 0.2) is 10.8 Å². The van der Waals surface area contributed by atoms with Crippen LogP contribution < -0.4 is 21.1 Å². The molecule has 174 valence electrons. The van der Waals surface area contributed by atoms with Crippen LogP contribution in [0, 0.1) is 17.6 Å². The molecule has 0 radical (unpaired) electrons. The molecule has 33 heavy (non-hydrogen) atoms. The fourth-order valence-electron chi connectivity index (χ4n) is 3.70. The van der Waals surface area contributed by atoms with Crippen molar-refractivity contribution in [2.75, 3.05) is 29.9 Å². The van der Waals surface area contributed by atoms with Gasteiger partial charge < -0.3 is 15.5 Å². The van der Waals surface area contributed by atoms with E-state index < -0.39 is 29.6 Å². The van der Waals surface area contributed by atoms with Crippen molar-refractivity contribution in [3.8, 4) is 0 Å². The number of halogens is 2. The molecule has 2 N–H and O–H groups in total. The zero-order valence-corrected chi connectivity index (χ0v) is 18.6. The Kier molecular flexibility index (Phi) is 6.63. The number of rotatable bonds is 6. The number of thiazole rings is 1. The lowest BCUT2D eigenvalue weighted by Gasteiger charge is -2.31. The number of benzene rings is 1. The van der Waals surface area contributed by atoms with E-state index in [0.29, 0.717) is 24.3 Å². The normalized spacial score (nSPS) is 16.1. The smallest absolute Gasteiger partial charge is 0.273 e. The molecule has 0 bridgehead atoms. The molecular formula is C21H22F2N6O3S. The monoisotopic (exact) mass is 476 g/mol. The number of hydrogen-bond acceptors (Lipinski definition) is 7. The molecule has 1 aliphatic heterocycles. The zero-order chi connectivity index (χ0) is 23.5. The maximum Gasteiger partial charge on any atom is 0.273 e. The molecule has 1 aromatic carbocycles. The molecule has 0 spiro atoms. The largest absolute Gasteiger partial charge is 0.356 e. The summed E-state index contributed by atoms with van der Waals surface area (Å²) in [6, 6.07) is 2.79. The van der Waals surface area contributed by atoms with Crippen LogP contribution in [0.25, 0.3) is 10.3 Å². The van der Waals surface area contributed by atoms with Crippen molar-refractivity contribution < 1.29 is 18.4 Å². The van der Waals surface area contributed by atoms with Crippen molar-refractivity contribution in [1.82, 2.24) is 19.9 Å². The minimum absolute atomic E-state index is 0.00685. The second kappa shape index (κ2) is 9.61. The Morgan fingerprint density at radius 2 is 2.12 bits per heavy atom. The van der Waals surface area contributed by atoms with Crippen molar-refractivity contribution in [3.63, 3.8) is 0 Å². The van der Waals surface area contributed by atoms with E-state index in [9.17, 15) is 23.2 Å². The molecule has 2 amide bonds. The third-order valence-electron chi connectivity index (χ3n) is 5.31. The highest BCUT2D eigenvalue weighted by Crippen LogP contribution is 2.29. The number of aromatic nitrogens is 3. The highest BCUT2D eigenvalue weighted by molar-refractivity contribution is 7.22. The summed E-state index contributed by atoms with van der Waals surface area (Å²) in [6.45, 7) is 3.27. The van der Waals surface area contributed by atoms with Crippen LogP contribution in [0.2, 0.25) is 0 Å². The van der Waals surface area contributed by atoms with Crippen LogP contribution in [0.15, 0.2) is 29.3 Å². The Bertz CT molecular complexity index is 1260. The van der Waals surface area contributed by atoms with Gasteiger partial charge in [-0.25, -0.2) is 13.8 Å². The number of nitrogens with zero attached hydrogens (tertiary/aromatic N) is 4. The molecule has 2 aromatic heterocycles. The van der Waals surface area contributed by atoms with Crippen molar-refractivity contribution in [1.29, 1.82) is 0 Å². The Hall–Kier alpha value is -3.41. The number of amides is 2. The highest BCUT2D eigenvalue weighted by Gasteiger charge is 2.27. The summed E-state index contributed by atoms with van der Waals surface area (Å²) in [5.41, 5.74) is -0.368. The molecule has 1 fully saturated rings. The number of piperidine rings is 1. The quantitative estimate of drug-likeness (QED) is 0.564. The topological polar surface area (TPSA) is 109 Å². The average Bonchev–Trinajstić information content (AvgIpc) is 3.23. The Morgan fingerprint density at radius 3 is 2.88 bits per heavy atom. The molecule has 0 saturated carbocycles. The summed E-state index contributed by atoms with van der Waals surface area (Å²) in [5.74, 6) is -2.47. The maximum absolute atomic E-state index is 13.8. The standard InChI is InChI=1S/C21H22F2N6O3S/c1-2-24-19(31)12-4-3-7-28(9-12)21-27-18-17(33-21)20(32)29(11-25-18)10-16(30)26-15-6-5-13(22)8-14(15)23/h5-6,8,11-12H,2-4,7,9-10H2,1H3,(H,24,31)(H,26,30)/t12-/m1/s1. The van der Waals surface area contributed by atoms with E-state index in [2.05, 4.69) is 20.6 Å². The van der Waals surface area contributed by atoms with E-state index >= 15 is 0 Å². The second-order valence-electron chi connectivity index (χ2n) is 7.68. The lowest BCUT2D eigenvalue weighted by molar-refractivity contribution is -0.125. The van der Waals surface area contributed by atoms with Gasteiger partial charge in [-0.3, -0.25) is 19.0 Å². The summed E-state index contributed by atoms with van der Waals surface area (Å²) >= 11 is 1.16. The molecule has 1 aliphatic rings. The van der Waals surface area contributed by atoms with Crippen LogP contribution in [-0.4, -0.2) is 46.0 Å². The lowest BCUT2D eigenvalue weighted by atomic mass is 9.97. The molecule has 3 heterocycles. The van der Waals surface area contributed by atoms with Crippen LogP contribution >= 0.6 is 11.3 Å². The van der Waals surface area contributed by atoms with Gasteiger partial charge in [-0.1, -0.05) is 11.3 Å². The molecule has 3 aromatic rings. The predicted octanol–water partition coefficient (Wildman–Crippen LogP) is 2.12. The first-order chi connectivity index (χ1) is 15.9. The summed E-state index contributed by atoms with van der Waals surface area (Å²) in [4.78, 5) is 48.0. The average molecular weight is 477 g/mol. The Morgan fingerprint density at radius 1 is 1.30 bits per heavy atom. The molecule has 12 heteroatoms. The molecule has 1 atom stereocenters. The van der Waals surface area contributed by atoms with Crippen molar-refractivity contribution in [2.45, 2.75) is 26.3 Å². The number of nitrogens with one attached hydrogen (secondary N) is 2. The first-order valence-corrected chi connectivity index (χ1v) is 11.3. The van der Waals surface area contributed by atoms with E-state index in [-0.39, 0.29) is 27.9 Å². The van der Waals surface area contributed by atoms with Crippen molar-refractivity contribution >= 4 is 44.3 Å². The molecule has 0 aliphatic carbocycles. The number of carbonyl (C=O) groups is 2. The third kappa shape index (κ3) is 5.00. The van der Waals surface area contributed by atoms with Crippen LogP contribution in [0.3, 0.4) is 0 Å². The number of hydrogen-bond donors (Lipinski definition) is 2. The van der Waals surface area contributed by atoms with Crippen molar-refractivity contribution in [2.24, 2.45) is 5.92 Å². The van der Waals surface area contributed by atoms with Crippen LogP contribution in [0.1, 0.15) is 19.8 Å². The first kappa shape index (κ1) is 22.8. The van der Waals surface area contributed by atoms with Gasteiger partial charge in [0.05, 0.1) is 11.6 Å². The van der Waals surface area contributed by atoms with Gasteiger partial charge in [-0.15, -0.1) is 0 Å². The zero-order valence-electron chi connectivity index (χ0n) is 17.8. The van der Waals surface area contributed by atoms with Crippen molar-refractivity contribution in [3.05, 3.63) is 46.5 Å². The van der Waals surface area contributed by atoms with E-state index in [1.165, 1.54) is 6.33 Å². The number of fused-ring (bicyclic) bond motifs is 1. The van der Waals surface area contributed by atoms with Gasteiger partial charge >= 0.3 is 0 Å². The Labute approximate surface area is 191 Å². The first-order valence-electron chi connectivity index (χ1n) is 10.5. The number of carbonyl (C=O) groups excluding carboxylic acids is 2. The van der Waals surface area contributed by atoms with Gasteiger partial charge in [0.25, 0.3) is 5.56 Å². The summed E-state index contributed by atoms with van der Waals surface area (Å²) < 4.78 is 28.2. The molecule has 9 nitrogen and oxygen atoms in total. The van der Waals surface area contributed by atoms with Gasteiger partial charge in [0.1, 0.15) is 29.2 Å². The summed E-state index contributed by atoms with van der Waals surface area (Å²) in [5, 5.41) is 5.76. The maximum atomic E-state index is 13.8. The van der Waals surface area contributed by atoms with E-state index in [1.807, 2.05) is 11.8 Å². The Balaban J connectivity index is 1.50. The fourth-order valence-corrected chi connectivity index (χ4v) is 4.71. The van der Waals surface area contributed by atoms with E-state index in [1.54, 1.807) is 0 Å². The van der Waals surface area contributed by atoms with Crippen LogP contribution in [-0.2, 0) is 16.1 Å². The van der Waals surface area contributed by atoms with Gasteiger partial charge in [0.2, 0.25) is 11.8 Å². The minimum Gasteiger partial charge on any atom is -0.356 e. The SMILES string of the molecule is CCNC(=O)[C@@H]1CCCN(c2nc3ncn(CC(=O)Nc4ccc(F)cc4F)c(=O)c3s2)C1. The van der Waals surface area contributed by atoms with Crippen LogP contribution in [0.4, 0.5) is 19.6 Å². The highest BCUT2D eigenvalue weighted by atomic mass is 32.1. The van der Waals surface area contributed by atoms with E-state index in [4.69, 9.17) is 0 Å².